The van der Waals surface area contributed by atoms with Crippen LogP contribution in [-0.4, -0.2) is 71.0 Å². The molecule has 2 aliphatic rings. The number of sulfonamides is 1. The number of β-amino-alcohol motifs (C(OH)–C–C–N with tert-alkyl or cyclic N) is 1. The maximum absolute atomic E-state index is 13.6. The molecule has 2 aromatic heterocycles. The van der Waals surface area contributed by atoms with E-state index in [0.717, 1.165) is 60.1 Å². The summed E-state index contributed by atoms with van der Waals surface area (Å²) in [6.45, 7) is 2.55. The molecule has 1 atom stereocenters. The van der Waals surface area contributed by atoms with Crippen molar-refractivity contribution in [3.8, 4) is 11.3 Å². The first-order chi connectivity index (χ1) is 20.4. The molecule has 0 radical (unpaired) electrons. The predicted molar refractivity (Wildman–Crippen MR) is 158 cm³/mol. The van der Waals surface area contributed by atoms with E-state index in [0.29, 0.717) is 35.7 Å². The van der Waals surface area contributed by atoms with Crippen LogP contribution in [-0.2, 0) is 35.7 Å². The number of aliphatic hydroxyl groups is 1. The molecule has 6 rings (SSSR count). The van der Waals surface area contributed by atoms with Crippen LogP contribution in [0.2, 0.25) is 0 Å². The normalized spacial score (nSPS) is 18.3. The van der Waals surface area contributed by atoms with Gasteiger partial charge in [0.2, 0.25) is 10.0 Å². The molecular weight excluding hydrogens is 604 g/mol. The Kier molecular flexibility index (Phi) is 8.14. The third-order valence-corrected chi connectivity index (χ3v) is 10.7. The number of fused-ring (bicyclic) bond motifs is 2. The van der Waals surface area contributed by atoms with Gasteiger partial charge in [-0.25, -0.2) is 12.8 Å². The van der Waals surface area contributed by atoms with Gasteiger partial charge in [-0.05, 0) is 72.4 Å². The van der Waals surface area contributed by atoms with E-state index in [1.54, 1.807) is 22.1 Å². The van der Waals surface area contributed by atoms with Crippen molar-refractivity contribution < 1.29 is 31.1 Å². The average molecular weight is 637 g/mol. The van der Waals surface area contributed by atoms with Crippen LogP contribution in [0.4, 0.5) is 17.6 Å². The fraction of sp³-hybridized carbons (Fsp3) is 0.433. The molecule has 0 bridgehead atoms. The molecule has 0 spiro atoms. The van der Waals surface area contributed by atoms with Crippen LogP contribution in [0.15, 0.2) is 47.8 Å². The maximum Gasteiger partial charge on any atom is 0.416 e. The lowest BCUT2D eigenvalue weighted by Gasteiger charge is -2.33. The molecule has 0 amide bonds. The summed E-state index contributed by atoms with van der Waals surface area (Å²) in [5.41, 5.74) is 2.79. The number of aromatic nitrogens is 2. The number of benzene rings is 2. The second-order valence-electron chi connectivity index (χ2n) is 11.4. The Labute approximate surface area is 251 Å². The maximum atomic E-state index is 13.6. The molecule has 0 aliphatic carbocycles. The molecule has 0 saturated carbocycles. The number of thiophene rings is 1. The van der Waals surface area contributed by atoms with Crippen molar-refractivity contribution in [1.29, 1.82) is 0 Å². The van der Waals surface area contributed by atoms with Crippen molar-refractivity contribution in [2.75, 3.05) is 32.4 Å². The molecule has 7 nitrogen and oxygen atoms in total. The van der Waals surface area contributed by atoms with Crippen molar-refractivity contribution in [3.05, 3.63) is 76.0 Å². The van der Waals surface area contributed by atoms with Crippen LogP contribution >= 0.6 is 11.3 Å². The van der Waals surface area contributed by atoms with Gasteiger partial charge in [0.1, 0.15) is 5.82 Å². The molecule has 4 heterocycles. The van der Waals surface area contributed by atoms with E-state index in [2.05, 4.69) is 10.3 Å². The number of hydrogen-bond acceptors (Lipinski definition) is 6. The summed E-state index contributed by atoms with van der Waals surface area (Å²) in [5, 5.41) is 19.0. The summed E-state index contributed by atoms with van der Waals surface area (Å²) in [6.07, 6.45) is -1.86. The first-order valence-electron chi connectivity index (χ1n) is 14.1. The Morgan fingerprint density at radius 1 is 1.07 bits per heavy atom. The highest BCUT2D eigenvalue weighted by molar-refractivity contribution is 7.88. The zero-order chi connectivity index (χ0) is 30.5. The minimum atomic E-state index is -4.47. The minimum Gasteiger partial charge on any atom is -0.390 e. The molecule has 230 valence electrons. The minimum absolute atomic E-state index is 0.0675. The first-order valence-corrected chi connectivity index (χ1v) is 16.9. The summed E-state index contributed by atoms with van der Waals surface area (Å²) in [6, 6.07) is 9.61. The standard InChI is InChI=1S/C30H32F4N4O3S2/c1-43(40,41)37-13-10-27-25(17-37)29(20-2-4-21(5-3-20)30(32,33)34)35-38(27)16-23(39)15-36-11-8-19(9-12-36)26-18-42-28-14-22(31)6-7-24(26)28/h2-7,14,18-19,23,39H,8-13,15-17H2,1H3. The van der Waals surface area contributed by atoms with Gasteiger partial charge < -0.3 is 10.0 Å². The van der Waals surface area contributed by atoms with Crippen molar-refractivity contribution in [2.24, 2.45) is 0 Å². The van der Waals surface area contributed by atoms with Gasteiger partial charge >= 0.3 is 6.18 Å². The molecule has 1 unspecified atom stereocenters. The van der Waals surface area contributed by atoms with E-state index >= 15 is 0 Å². The van der Waals surface area contributed by atoms with Gasteiger partial charge in [0.15, 0.2) is 0 Å². The van der Waals surface area contributed by atoms with E-state index < -0.39 is 27.9 Å². The molecule has 1 N–H and O–H groups in total. The van der Waals surface area contributed by atoms with Gasteiger partial charge in [0, 0.05) is 47.6 Å². The fourth-order valence-electron chi connectivity index (χ4n) is 6.27. The second-order valence-corrected chi connectivity index (χ2v) is 14.3. The zero-order valence-electron chi connectivity index (χ0n) is 23.5. The summed E-state index contributed by atoms with van der Waals surface area (Å²) >= 11 is 1.56. The molecule has 43 heavy (non-hydrogen) atoms. The van der Waals surface area contributed by atoms with Crippen molar-refractivity contribution in [3.63, 3.8) is 0 Å². The Balaban J connectivity index is 1.16. The Hall–Kier alpha value is -2.84. The lowest BCUT2D eigenvalue weighted by Crippen LogP contribution is -2.40. The smallest absolute Gasteiger partial charge is 0.390 e. The zero-order valence-corrected chi connectivity index (χ0v) is 25.2. The van der Waals surface area contributed by atoms with E-state index in [1.165, 1.54) is 28.1 Å². The lowest BCUT2D eigenvalue weighted by molar-refractivity contribution is -0.137. The number of hydrogen-bond donors (Lipinski definition) is 1. The van der Waals surface area contributed by atoms with Gasteiger partial charge in [-0.2, -0.15) is 22.6 Å². The number of halogens is 4. The second kappa shape index (κ2) is 11.6. The number of likely N-dealkylation sites (tertiary alicyclic amines) is 1. The predicted octanol–water partition coefficient (Wildman–Crippen LogP) is 5.48. The number of aliphatic hydroxyl groups excluding tert-OH is 1. The van der Waals surface area contributed by atoms with Gasteiger partial charge in [0.25, 0.3) is 0 Å². The quantitative estimate of drug-likeness (QED) is 0.272. The third kappa shape index (κ3) is 6.37. The summed E-state index contributed by atoms with van der Waals surface area (Å²) in [7, 11) is -3.49. The summed E-state index contributed by atoms with van der Waals surface area (Å²) < 4.78 is 81.6. The molecule has 1 saturated heterocycles. The van der Waals surface area contributed by atoms with E-state index in [4.69, 9.17) is 5.10 Å². The van der Waals surface area contributed by atoms with Gasteiger partial charge in [-0.1, -0.05) is 18.2 Å². The van der Waals surface area contributed by atoms with Crippen molar-refractivity contribution >= 4 is 31.4 Å². The molecule has 4 aromatic rings. The van der Waals surface area contributed by atoms with Crippen LogP contribution in [0.25, 0.3) is 21.3 Å². The van der Waals surface area contributed by atoms with Crippen LogP contribution < -0.4 is 0 Å². The lowest BCUT2D eigenvalue weighted by atomic mass is 9.89. The van der Waals surface area contributed by atoms with Gasteiger partial charge in [-0.15, -0.1) is 11.3 Å². The monoisotopic (exact) mass is 636 g/mol. The van der Waals surface area contributed by atoms with Crippen molar-refractivity contribution in [1.82, 2.24) is 19.0 Å². The molecular formula is C30H32F4N4O3S2. The molecule has 1 fully saturated rings. The van der Waals surface area contributed by atoms with E-state index in [-0.39, 0.29) is 25.5 Å². The number of piperidine rings is 1. The van der Waals surface area contributed by atoms with Crippen LogP contribution in [0.1, 0.15) is 41.1 Å². The first kappa shape index (κ1) is 30.2. The molecule has 13 heteroatoms. The molecule has 2 aromatic carbocycles. The number of alkyl halides is 3. The highest BCUT2D eigenvalue weighted by Gasteiger charge is 2.33. The summed E-state index contributed by atoms with van der Waals surface area (Å²) in [4.78, 5) is 2.22. The average Bonchev–Trinajstić information content (AvgIpc) is 3.53. The van der Waals surface area contributed by atoms with Crippen molar-refractivity contribution in [2.45, 2.75) is 50.6 Å². The SMILES string of the molecule is CS(=O)(=O)N1CCc2c(c(-c3ccc(C(F)(F)F)cc3)nn2CC(O)CN2CCC(c3csc4cc(F)ccc34)CC2)C1. The Bertz CT molecular complexity index is 1730. The topological polar surface area (TPSA) is 78.7 Å². The molecule has 2 aliphatic heterocycles. The van der Waals surface area contributed by atoms with Crippen LogP contribution in [0, 0.1) is 5.82 Å². The van der Waals surface area contributed by atoms with E-state index in [9.17, 15) is 31.1 Å². The van der Waals surface area contributed by atoms with Gasteiger partial charge in [-0.3, -0.25) is 4.68 Å². The van der Waals surface area contributed by atoms with Gasteiger partial charge in [0.05, 0.1) is 30.2 Å². The van der Waals surface area contributed by atoms with Crippen LogP contribution in [0.3, 0.4) is 0 Å². The number of nitrogens with zero attached hydrogens (tertiary/aromatic N) is 4. The Morgan fingerprint density at radius 2 is 1.79 bits per heavy atom. The third-order valence-electron chi connectivity index (χ3n) is 8.50. The van der Waals surface area contributed by atoms with E-state index in [1.807, 2.05) is 6.07 Å². The largest absolute Gasteiger partial charge is 0.416 e. The highest BCUT2D eigenvalue weighted by Crippen LogP contribution is 2.38. The number of rotatable bonds is 7. The fourth-order valence-corrected chi connectivity index (χ4v) is 8.12. The Morgan fingerprint density at radius 3 is 2.47 bits per heavy atom. The van der Waals surface area contributed by atoms with Crippen LogP contribution in [0.5, 0.6) is 0 Å². The summed E-state index contributed by atoms with van der Waals surface area (Å²) in [5.74, 6) is 0.136. The highest BCUT2D eigenvalue weighted by atomic mass is 32.2.